The van der Waals surface area contributed by atoms with Crippen molar-refractivity contribution >= 4 is 11.9 Å². The van der Waals surface area contributed by atoms with E-state index in [9.17, 15) is 9.59 Å². The van der Waals surface area contributed by atoms with Gasteiger partial charge in [-0.05, 0) is 12.3 Å². The molecule has 0 amide bonds. The number of carboxylic acids is 2. The average Bonchev–Trinajstić information content (AvgIpc) is 2.17. The van der Waals surface area contributed by atoms with Gasteiger partial charge < -0.3 is 21.7 Å². The molecule has 2 atom stereocenters. The summed E-state index contributed by atoms with van der Waals surface area (Å²) >= 11 is 0. The van der Waals surface area contributed by atoms with Crippen LogP contribution in [0.15, 0.2) is 0 Å². The number of rotatable bonds is 5. The molecule has 6 heteroatoms. The first kappa shape index (κ1) is 17.3. The molecule has 0 fully saturated rings. The number of hydrogen-bond donors (Lipinski definition) is 4. The molecule has 0 aromatic heterocycles. The van der Waals surface area contributed by atoms with Crippen molar-refractivity contribution in [2.45, 2.75) is 45.7 Å². The maximum atomic E-state index is 10.0. The van der Waals surface area contributed by atoms with E-state index in [4.69, 9.17) is 21.7 Å². The minimum absolute atomic E-state index is 0.0208. The summed E-state index contributed by atoms with van der Waals surface area (Å²) in [7, 11) is 0. The van der Waals surface area contributed by atoms with Gasteiger partial charge >= 0.3 is 11.9 Å². The highest BCUT2D eigenvalue weighted by molar-refractivity contribution is 5.73. The molecule has 0 aliphatic rings. The maximum Gasteiger partial charge on any atom is 0.320 e. The SMILES string of the molecule is CC(C)C(N)C(=O)O.CCCC(N)C(=O)O. The number of aliphatic carboxylic acids is 2. The van der Waals surface area contributed by atoms with Crippen LogP contribution in [0, 0.1) is 5.92 Å². The van der Waals surface area contributed by atoms with E-state index in [1.807, 2.05) is 6.92 Å². The summed E-state index contributed by atoms with van der Waals surface area (Å²) in [4.78, 5) is 20.0. The number of hydrogen-bond acceptors (Lipinski definition) is 4. The number of nitrogens with two attached hydrogens (primary N) is 2. The topological polar surface area (TPSA) is 127 Å². The van der Waals surface area contributed by atoms with Crippen molar-refractivity contribution in [1.82, 2.24) is 0 Å². The third-order valence-electron chi connectivity index (χ3n) is 1.92. The van der Waals surface area contributed by atoms with E-state index in [2.05, 4.69) is 0 Å². The van der Waals surface area contributed by atoms with Gasteiger partial charge in [0.2, 0.25) is 0 Å². The summed E-state index contributed by atoms with van der Waals surface area (Å²) < 4.78 is 0. The van der Waals surface area contributed by atoms with Crippen LogP contribution < -0.4 is 11.5 Å². The quantitative estimate of drug-likeness (QED) is 0.540. The minimum Gasteiger partial charge on any atom is -0.480 e. The van der Waals surface area contributed by atoms with Crippen molar-refractivity contribution < 1.29 is 19.8 Å². The van der Waals surface area contributed by atoms with E-state index in [0.717, 1.165) is 6.42 Å². The molecule has 0 saturated carbocycles. The van der Waals surface area contributed by atoms with Gasteiger partial charge in [0.05, 0.1) is 0 Å². The summed E-state index contributed by atoms with van der Waals surface area (Å²) in [6, 6.07) is -1.38. The molecule has 0 heterocycles. The van der Waals surface area contributed by atoms with Gasteiger partial charge in [-0.2, -0.15) is 0 Å². The molecule has 0 saturated heterocycles. The van der Waals surface area contributed by atoms with Crippen LogP contribution in [0.5, 0.6) is 0 Å². The van der Waals surface area contributed by atoms with Crippen LogP contribution in [-0.4, -0.2) is 34.2 Å². The predicted molar refractivity (Wildman–Crippen MR) is 61.0 cm³/mol. The Morgan fingerprint density at radius 1 is 1.12 bits per heavy atom. The van der Waals surface area contributed by atoms with Crippen molar-refractivity contribution in [2.24, 2.45) is 17.4 Å². The van der Waals surface area contributed by atoms with Crippen LogP contribution in [-0.2, 0) is 9.59 Å². The summed E-state index contributed by atoms with van der Waals surface area (Å²) in [5, 5.41) is 16.4. The van der Waals surface area contributed by atoms with Gasteiger partial charge in [-0.1, -0.05) is 27.2 Å². The van der Waals surface area contributed by atoms with Crippen molar-refractivity contribution in [3.8, 4) is 0 Å². The molecular formula is C10H22N2O4. The monoisotopic (exact) mass is 234 g/mol. The number of carboxylic acid groups (broad SMARTS) is 2. The lowest BCUT2D eigenvalue weighted by Gasteiger charge is -2.07. The molecule has 96 valence electrons. The first-order valence-corrected chi connectivity index (χ1v) is 5.20. The molecule has 6 N–H and O–H groups in total. The average molecular weight is 234 g/mol. The van der Waals surface area contributed by atoms with Crippen LogP contribution in [0.3, 0.4) is 0 Å². The second kappa shape index (κ2) is 9.11. The van der Waals surface area contributed by atoms with E-state index < -0.39 is 24.0 Å². The van der Waals surface area contributed by atoms with E-state index >= 15 is 0 Å². The molecule has 2 unspecified atom stereocenters. The molecular weight excluding hydrogens is 212 g/mol. The maximum absolute atomic E-state index is 10.0. The van der Waals surface area contributed by atoms with Gasteiger partial charge in [0.1, 0.15) is 12.1 Å². The summed E-state index contributed by atoms with van der Waals surface area (Å²) in [5.41, 5.74) is 10.3. The predicted octanol–water partition coefficient (Wildman–Crippen LogP) is 0.253. The molecule has 0 rings (SSSR count). The normalized spacial score (nSPS) is 13.6. The fourth-order valence-corrected chi connectivity index (χ4v) is 0.720. The van der Waals surface area contributed by atoms with Gasteiger partial charge in [0.25, 0.3) is 0 Å². The summed E-state index contributed by atoms with van der Waals surface area (Å²) in [5.74, 6) is -1.82. The largest absolute Gasteiger partial charge is 0.480 e. The lowest BCUT2D eigenvalue weighted by molar-refractivity contribution is -0.140. The first-order valence-electron chi connectivity index (χ1n) is 5.20. The smallest absolute Gasteiger partial charge is 0.320 e. The molecule has 0 spiro atoms. The van der Waals surface area contributed by atoms with E-state index in [1.165, 1.54) is 0 Å². The molecule has 0 bridgehead atoms. The highest BCUT2D eigenvalue weighted by Gasteiger charge is 2.14. The molecule has 0 aliphatic heterocycles. The lowest BCUT2D eigenvalue weighted by atomic mass is 10.1. The summed E-state index contributed by atoms with van der Waals surface area (Å²) in [6.07, 6.45) is 1.39. The fraction of sp³-hybridized carbons (Fsp3) is 0.800. The number of carbonyl (C=O) groups is 2. The van der Waals surface area contributed by atoms with Gasteiger partial charge in [-0.3, -0.25) is 9.59 Å². The van der Waals surface area contributed by atoms with E-state index in [0.29, 0.717) is 6.42 Å². The van der Waals surface area contributed by atoms with Gasteiger partial charge in [0.15, 0.2) is 0 Å². The molecule has 0 aromatic carbocycles. The zero-order valence-corrected chi connectivity index (χ0v) is 10.0. The van der Waals surface area contributed by atoms with Crippen LogP contribution in [0.2, 0.25) is 0 Å². The Balaban J connectivity index is 0. The van der Waals surface area contributed by atoms with Crippen LogP contribution in [0.25, 0.3) is 0 Å². The standard InChI is InChI=1S/2C5H11NO2/c1-3(2)4(6)5(7)8;1-2-3-4(6)5(7)8/h3-4H,6H2,1-2H3,(H,7,8);4H,2-3,6H2,1H3,(H,7,8). The Morgan fingerprint density at radius 3 is 1.62 bits per heavy atom. The molecule has 6 nitrogen and oxygen atoms in total. The lowest BCUT2D eigenvalue weighted by Crippen LogP contribution is -2.34. The van der Waals surface area contributed by atoms with Crippen molar-refractivity contribution in [2.75, 3.05) is 0 Å². The second-order valence-electron chi connectivity index (χ2n) is 3.84. The Morgan fingerprint density at radius 2 is 1.56 bits per heavy atom. The molecule has 16 heavy (non-hydrogen) atoms. The molecule has 0 radical (unpaired) electrons. The zero-order valence-electron chi connectivity index (χ0n) is 10.0. The van der Waals surface area contributed by atoms with Crippen LogP contribution in [0.4, 0.5) is 0 Å². The van der Waals surface area contributed by atoms with Crippen LogP contribution >= 0.6 is 0 Å². The molecule has 0 aromatic rings. The summed E-state index contributed by atoms with van der Waals surface area (Å²) in [6.45, 7) is 5.46. The first-order chi connectivity index (χ1) is 7.23. The van der Waals surface area contributed by atoms with E-state index in [-0.39, 0.29) is 5.92 Å². The Bertz CT molecular complexity index is 219. The zero-order chi connectivity index (χ0) is 13.3. The molecule has 0 aliphatic carbocycles. The van der Waals surface area contributed by atoms with Crippen molar-refractivity contribution in [1.29, 1.82) is 0 Å². The van der Waals surface area contributed by atoms with Gasteiger partial charge in [0, 0.05) is 0 Å². The third kappa shape index (κ3) is 9.42. The van der Waals surface area contributed by atoms with Crippen molar-refractivity contribution in [3.05, 3.63) is 0 Å². The second-order valence-corrected chi connectivity index (χ2v) is 3.84. The Kier molecular flexibility index (Phi) is 9.83. The fourth-order valence-electron chi connectivity index (χ4n) is 0.720. The Hall–Kier alpha value is -1.14. The van der Waals surface area contributed by atoms with Crippen LogP contribution in [0.1, 0.15) is 33.6 Å². The van der Waals surface area contributed by atoms with Gasteiger partial charge in [-0.15, -0.1) is 0 Å². The third-order valence-corrected chi connectivity index (χ3v) is 1.92. The van der Waals surface area contributed by atoms with Gasteiger partial charge in [-0.25, -0.2) is 0 Å². The van der Waals surface area contributed by atoms with Crippen molar-refractivity contribution in [3.63, 3.8) is 0 Å². The highest BCUT2D eigenvalue weighted by atomic mass is 16.4. The van der Waals surface area contributed by atoms with E-state index in [1.54, 1.807) is 13.8 Å². The minimum atomic E-state index is -0.931. The Labute approximate surface area is 95.6 Å². The highest BCUT2D eigenvalue weighted by Crippen LogP contribution is 1.96.